The summed E-state index contributed by atoms with van der Waals surface area (Å²) in [7, 11) is 0. The SMILES string of the molecule is Cc1ccc(C)c(OCCN2C(=O)c3cccc([N+](=O)[O-])c3C2=O)c1. The fourth-order valence-electron chi connectivity index (χ4n) is 2.78. The van der Waals surface area contributed by atoms with Crippen LogP contribution in [0.5, 0.6) is 5.75 Å². The van der Waals surface area contributed by atoms with E-state index in [1.54, 1.807) is 0 Å². The number of benzene rings is 2. The second kappa shape index (κ2) is 6.35. The normalized spacial score (nSPS) is 13.1. The third kappa shape index (κ3) is 2.96. The van der Waals surface area contributed by atoms with Crippen molar-refractivity contribution in [3.63, 3.8) is 0 Å². The van der Waals surface area contributed by atoms with Gasteiger partial charge in [-0.3, -0.25) is 24.6 Å². The lowest BCUT2D eigenvalue weighted by Gasteiger charge is -2.15. The van der Waals surface area contributed by atoms with Gasteiger partial charge in [-0.1, -0.05) is 18.2 Å². The summed E-state index contributed by atoms with van der Waals surface area (Å²) < 4.78 is 5.67. The molecule has 3 rings (SSSR count). The molecular weight excluding hydrogens is 324 g/mol. The highest BCUT2D eigenvalue weighted by Gasteiger charge is 2.40. The van der Waals surface area contributed by atoms with Crippen molar-refractivity contribution in [3.05, 3.63) is 68.8 Å². The number of aryl methyl sites for hydroxylation is 2. The van der Waals surface area contributed by atoms with Crippen LogP contribution in [0.4, 0.5) is 5.69 Å². The Bertz CT molecular complexity index is 891. The Morgan fingerprint density at radius 1 is 1.12 bits per heavy atom. The van der Waals surface area contributed by atoms with Crippen molar-refractivity contribution in [1.82, 2.24) is 4.90 Å². The van der Waals surface area contributed by atoms with Crippen molar-refractivity contribution in [1.29, 1.82) is 0 Å². The number of rotatable bonds is 5. The number of hydrogen-bond donors (Lipinski definition) is 0. The first-order valence-electron chi connectivity index (χ1n) is 7.74. The molecule has 0 fully saturated rings. The summed E-state index contributed by atoms with van der Waals surface area (Å²) in [5.74, 6) is -0.507. The third-order valence-corrected chi connectivity index (χ3v) is 4.09. The number of nitrogens with zero attached hydrogens (tertiary/aromatic N) is 2. The number of carbonyl (C=O) groups excluding carboxylic acids is 2. The molecule has 0 aliphatic carbocycles. The number of hydrogen-bond acceptors (Lipinski definition) is 5. The van der Waals surface area contributed by atoms with Gasteiger partial charge in [0.2, 0.25) is 0 Å². The third-order valence-electron chi connectivity index (χ3n) is 4.09. The van der Waals surface area contributed by atoms with Gasteiger partial charge in [0.15, 0.2) is 0 Å². The molecular formula is C18H16N2O5. The van der Waals surface area contributed by atoms with Gasteiger partial charge in [0, 0.05) is 6.07 Å². The fraction of sp³-hybridized carbons (Fsp3) is 0.222. The standard InChI is InChI=1S/C18H16N2O5/c1-11-6-7-12(2)15(10-11)25-9-8-19-17(21)13-4-3-5-14(20(23)24)16(13)18(19)22/h3-7,10H,8-9H2,1-2H3. The molecule has 2 amide bonds. The van der Waals surface area contributed by atoms with Crippen LogP contribution in [0, 0.1) is 24.0 Å². The van der Waals surface area contributed by atoms with Crippen molar-refractivity contribution in [2.45, 2.75) is 13.8 Å². The molecule has 25 heavy (non-hydrogen) atoms. The van der Waals surface area contributed by atoms with Crippen LogP contribution in [0.25, 0.3) is 0 Å². The van der Waals surface area contributed by atoms with Crippen LogP contribution in [-0.2, 0) is 0 Å². The van der Waals surface area contributed by atoms with E-state index < -0.39 is 16.7 Å². The zero-order valence-corrected chi connectivity index (χ0v) is 13.8. The largest absolute Gasteiger partial charge is 0.491 e. The number of imide groups is 1. The van der Waals surface area contributed by atoms with Crippen molar-refractivity contribution in [2.75, 3.05) is 13.2 Å². The van der Waals surface area contributed by atoms with Crippen molar-refractivity contribution in [2.24, 2.45) is 0 Å². The number of ether oxygens (including phenoxy) is 1. The van der Waals surface area contributed by atoms with Crippen LogP contribution in [0.15, 0.2) is 36.4 Å². The van der Waals surface area contributed by atoms with E-state index in [4.69, 9.17) is 4.74 Å². The summed E-state index contributed by atoms with van der Waals surface area (Å²) in [5, 5.41) is 11.1. The maximum absolute atomic E-state index is 12.4. The molecule has 2 aromatic rings. The number of nitro groups is 1. The van der Waals surface area contributed by atoms with Gasteiger partial charge >= 0.3 is 0 Å². The zero-order chi connectivity index (χ0) is 18.1. The average Bonchev–Trinajstić information content (AvgIpc) is 2.82. The summed E-state index contributed by atoms with van der Waals surface area (Å²) in [6.45, 7) is 3.98. The lowest BCUT2D eigenvalue weighted by Crippen LogP contribution is -2.33. The molecule has 0 N–H and O–H groups in total. The lowest BCUT2D eigenvalue weighted by atomic mass is 10.1. The minimum atomic E-state index is -0.656. The molecule has 1 aliphatic rings. The molecule has 0 saturated heterocycles. The minimum Gasteiger partial charge on any atom is -0.491 e. The van der Waals surface area contributed by atoms with E-state index in [-0.39, 0.29) is 30.0 Å². The van der Waals surface area contributed by atoms with E-state index >= 15 is 0 Å². The highest BCUT2D eigenvalue weighted by atomic mass is 16.6. The number of carbonyl (C=O) groups is 2. The summed E-state index contributed by atoms with van der Waals surface area (Å²) in [5.41, 5.74) is 1.55. The van der Waals surface area contributed by atoms with Gasteiger partial charge in [-0.25, -0.2) is 0 Å². The first kappa shape index (κ1) is 16.6. The quantitative estimate of drug-likeness (QED) is 0.474. The molecule has 1 heterocycles. The summed E-state index contributed by atoms with van der Waals surface area (Å²) >= 11 is 0. The molecule has 0 saturated carbocycles. The predicted octanol–water partition coefficient (Wildman–Crippen LogP) is 2.89. The second-order valence-corrected chi connectivity index (χ2v) is 5.84. The summed E-state index contributed by atoms with van der Waals surface area (Å²) in [4.78, 5) is 36.2. The average molecular weight is 340 g/mol. The molecule has 1 aliphatic heterocycles. The first-order chi connectivity index (χ1) is 11.9. The van der Waals surface area contributed by atoms with E-state index in [2.05, 4.69) is 0 Å². The van der Waals surface area contributed by atoms with Crippen LogP contribution >= 0.6 is 0 Å². The van der Waals surface area contributed by atoms with Crippen LogP contribution in [0.3, 0.4) is 0 Å². The van der Waals surface area contributed by atoms with E-state index in [0.29, 0.717) is 5.75 Å². The molecule has 128 valence electrons. The fourth-order valence-corrected chi connectivity index (χ4v) is 2.78. The highest BCUT2D eigenvalue weighted by Crippen LogP contribution is 2.30. The van der Waals surface area contributed by atoms with E-state index in [0.717, 1.165) is 16.0 Å². The Morgan fingerprint density at radius 2 is 1.88 bits per heavy atom. The predicted molar refractivity (Wildman–Crippen MR) is 89.9 cm³/mol. The molecule has 0 unspecified atom stereocenters. The monoisotopic (exact) mass is 340 g/mol. The molecule has 0 aromatic heterocycles. The Hall–Kier alpha value is -3.22. The van der Waals surface area contributed by atoms with Gasteiger partial charge in [0.1, 0.15) is 17.9 Å². The second-order valence-electron chi connectivity index (χ2n) is 5.84. The molecule has 0 atom stereocenters. The van der Waals surface area contributed by atoms with Crippen molar-refractivity contribution >= 4 is 17.5 Å². The van der Waals surface area contributed by atoms with E-state index in [1.165, 1.54) is 18.2 Å². The molecule has 0 bridgehead atoms. The maximum atomic E-state index is 12.4. The van der Waals surface area contributed by atoms with Gasteiger partial charge in [-0.2, -0.15) is 0 Å². The van der Waals surface area contributed by atoms with Gasteiger partial charge < -0.3 is 4.74 Å². The molecule has 0 spiro atoms. The van der Waals surface area contributed by atoms with Gasteiger partial charge in [0.25, 0.3) is 17.5 Å². The summed E-state index contributed by atoms with van der Waals surface area (Å²) in [6.07, 6.45) is 0. The lowest BCUT2D eigenvalue weighted by molar-refractivity contribution is -0.385. The Kier molecular flexibility index (Phi) is 4.22. The van der Waals surface area contributed by atoms with E-state index in [9.17, 15) is 19.7 Å². The molecule has 0 radical (unpaired) electrons. The Balaban J connectivity index is 1.75. The van der Waals surface area contributed by atoms with Gasteiger partial charge in [0.05, 0.1) is 17.0 Å². The van der Waals surface area contributed by atoms with Crippen molar-refractivity contribution < 1.29 is 19.2 Å². The topological polar surface area (TPSA) is 89.8 Å². The minimum absolute atomic E-state index is 0.0247. The van der Waals surface area contributed by atoms with Crippen molar-refractivity contribution in [3.8, 4) is 5.75 Å². The van der Waals surface area contributed by atoms with E-state index in [1.807, 2.05) is 32.0 Å². The van der Waals surface area contributed by atoms with Crippen LogP contribution < -0.4 is 4.74 Å². The number of fused-ring (bicyclic) bond motifs is 1. The molecule has 7 nitrogen and oxygen atoms in total. The van der Waals surface area contributed by atoms with Crippen LogP contribution in [-0.4, -0.2) is 34.8 Å². The Labute approximate surface area is 144 Å². The number of amides is 2. The van der Waals surface area contributed by atoms with Crippen LogP contribution in [0.1, 0.15) is 31.8 Å². The first-order valence-corrected chi connectivity index (χ1v) is 7.74. The zero-order valence-electron chi connectivity index (χ0n) is 13.8. The molecule has 7 heteroatoms. The number of nitro benzene ring substituents is 1. The van der Waals surface area contributed by atoms with Gasteiger partial charge in [-0.15, -0.1) is 0 Å². The highest BCUT2D eigenvalue weighted by molar-refractivity contribution is 6.23. The Morgan fingerprint density at radius 3 is 2.60 bits per heavy atom. The maximum Gasteiger partial charge on any atom is 0.282 e. The molecule has 2 aromatic carbocycles. The van der Waals surface area contributed by atoms with Crippen LogP contribution in [0.2, 0.25) is 0 Å². The summed E-state index contributed by atoms with van der Waals surface area (Å²) in [6, 6.07) is 9.82. The smallest absolute Gasteiger partial charge is 0.282 e. The van der Waals surface area contributed by atoms with Gasteiger partial charge in [-0.05, 0) is 37.1 Å².